The number of nitrogens with zero attached hydrogens (tertiary/aromatic N) is 1. The quantitative estimate of drug-likeness (QED) is 0.771. The zero-order valence-electron chi connectivity index (χ0n) is 10.8. The second-order valence-electron chi connectivity index (χ2n) is 5.06. The van der Waals surface area contributed by atoms with E-state index in [2.05, 4.69) is 15.5 Å². The van der Waals surface area contributed by atoms with Gasteiger partial charge in [-0.1, -0.05) is 32.1 Å². The molecular weight excluding hydrogens is 230 g/mol. The highest BCUT2D eigenvalue weighted by molar-refractivity contribution is 5.94. The predicted molar refractivity (Wildman–Crippen MR) is 70.0 cm³/mol. The van der Waals surface area contributed by atoms with Crippen LogP contribution in [0.3, 0.4) is 0 Å². The first kappa shape index (κ1) is 12.9. The second kappa shape index (κ2) is 5.89. The number of rotatable bonds is 3. The summed E-state index contributed by atoms with van der Waals surface area (Å²) in [5.74, 6) is -0.430. The standard InChI is InChI=1S/C13H21N3O2/c1-9-11(13(17)18)12(16-15-9)14-10-7-5-3-2-4-6-8-10/h10H,2-8H2,1H3,(H,17,18)(H2,14,15,16). The summed E-state index contributed by atoms with van der Waals surface area (Å²) in [5.41, 5.74) is 0.882. The Labute approximate surface area is 107 Å². The largest absolute Gasteiger partial charge is 0.477 e. The molecule has 0 amide bonds. The van der Waals surface area contributed by atoms with E-state index >= 15 is 0 Å². The fourth-order valence-corrected chi connectivity index (χ4v) is 2.59. The Morgan fingerprint density at radius 2 is 1.89 bits per heavy atom. The van der Waals surface area contributed by atoms with Crippen LogP contribution in [0.4, 0.5) is 5.82 Å². The molecule has 1 saturated carbocycles. The minimum absolute atomic E-state index is 0.275. The lowest BCUT2D eigenvalue weighted by Crippen LogP contribution is -2.22. The van der Waals surface area contributed by atoms with E-state index in [9.17, 15) is 4.79 Å². The lowest BCUT2D eigenvalue weighted by molar-refractivity contribution is 0.0697. The molecule has 1 aromatic heterocycles. The van der Waals surface area contributed by atoms with Gasteiger partial charge < -0.3 is 10.4 Å². The van der Waals surface area contributed by atoms with Crippen molar-refractivity contribution in [1.82, 2.24) is 10.2 Å². The Balaban J connectivity index is 2.05. The van der Waals surface area contributed by atoms with Crippen molar-refractivity contribution in [2.24, 2.45) is 0 Å². The first-order valence-corrected chi connectivity index (χ1v) is 6.73. The van der Waals surface area contributed by atoms with E-state index in [4.69, 9.17) is 5.11 Å². The van der Waals surface area contributed by atoms with Gasteiger partial charge >= 0.3 is 5.97 Å². The summed E-state index contributed by atoms with van der Waals surface area (Å²) in [7, 11) is 0. The topological polar surface area (TPSA) is 78.0 Å². The molecule has 1 aliphatic rings. The molecule has 100 valence electrons. The molecule has 18 heavy (non-hydrogen) atoms. The summed E-state index contributed by atoms with van der Waals surface area (Å²) in [6.07, 6.45) is 8.52. The molecule has 0 bridgehead atoms. The van der Waals surface area contributed by atoms with E-state index in [1.54, 1.807) is 6.92 Å². The first-order valence-electron chi connectivity index (χ1n) is 6.73. The van der Waals surface area contributed by atoms with Crippen molar-refractivity contribution in [2.75, 3.05) is 5.32 Å². The monoisotopic (exact) mass is 251 g/mol. The van der Waals surface area contributed by atoms with Crippen molar-refractivity contribution in [2.45, 2.75) is 57.9 Å². The van der Waals surface area contributed by atoms with Crippen LogP contribution in [0, 0.1) is 6.92 Å². The highest BCUT2D eigenvalue weighted by Gasteiger charge is 2.20. The van der Waals surface area contributed by atoms with Crippen LogP contribution >= 0.6 is 0 Å². The van der Waals surface area contributed by atoms with Gasteiger partial charge in [-0.3, -0.25) is 5.10 Å². The summed E-state index contributed by atoms with van der Waals surface area (Å²) in [6.45, 7) is 1.74. The maximum atomic E-state index is 11.2. The second-order valence-corrected chi connectivity index (χ2v) is 5.06. The Morgan fingerprint density at radius 3 is 2.50 bits per heavy atom. The Hall–Kier alpha value is -1.52. The van der Waals surface area contributed by atoms with Gasteiger partial charge in [0, 0.05) is 11.7 Å². The SMILES string of the molecule is Cc1[nH]nc(NC2CCCCCCC2)c1C(=O)O. The van der Waals surface area contributed by atoms with Gasteiger partial charge in [0.2, 0.25) is 0 Å². The van der Waals surface area contributed by atoms with Crippen molar-refractivity contribution in [3.63, 3.8) is 0 Å². The van der Waals surface area contributed by atoms with E-state index in [0.717, 1.165) is 12.8 Å². The summed E-state index contributed by atoms with van der Waals surface area (Å²) in [6, 6.07) is 0.353. The molecule has 1 heterocycles. The van der Waals surface area contributed by atoms with E-state index in [-0.39, 0.29) is 5.56 Å². The van der Waals surface area contributed by atoms with Crippen LogP contribution in [0.25, 0.3) is 0 Å². The number of carboxylic acid groups (broad SMARTS) is 1. The molecule has 1 fully saturated rings. The normalized spacial score (nSPS) is 18.1. The molecule has 0 aromatic carbocycles. The minimum atomic E-state index is -0.922. The van der Waals surface area contributed by atoms with E-state index < -0.39 is 5.97 Å². The lowest BCUT2D eigenvalue weighted by atomic mass is 9.96. The van der Waals surface area contributed by atoms with Crippen LogP contribution in [0.1, 0.15) is 61.0 Å². The molecular formula is C13H21N3O2. The number of carbonyl (C=O) groups is 1. The van der Waals surface area contributed by atoms with Gasteiger partial charge in [-0.25, -0.2) is 4.79 Å². The Bertz CT molecular complexity index is 406. The average Bonchev–Trinajstić information content (AvgIpc) is 2.63. The van der Waals surface area contributed by atoms with Crippen LogP contribution in [0.5, 0.6) is 0 Å². The van der Waals surface area contributed by atoms with Gasteiger partial charge in [0.05, 0.1) is 0 Å². The van der Waals surface area contributed by atoms with Crippen LogP contribution in [0.2, 0.25) is 0 Å². The van der Waals surface area contributed by atoms with Gasteiger partial charge in [-0.05, 0) is 19.8 Å². The lowest BCUT2D eigenvalue weighted by Gasteiger charge is -2.21. The van der Waals surface area contributed by atoms with Gasteiger partial charge in [0.15, 0.2) is 5.82 Å². The molecule has 0 spiro atoms. The molecule has 0 radical (unpaired) electrons. The van der Waals surface area contributed by atoms with Crippen LogP contribution in [-0.2, 0) is 0 Å². The number of carboxylic acids is 1. The van der Waals surface area contributed by atoms with Crippen molar-refractivity contribution in [1.29, 1.82) is 0 Å². The summed E-state index contributed by atoms with van der Waals surface area (Å²) in [5, 5.41) is 19.3. The van der Waals surface area contributed by atoms with E-state index in [1.165, 1.54) is 32.1 Å². The van der Waals surface area contributed by atoms with Gasteiger partial charge in [-0.15, -0.1) is 0 Å². The Kier molecular flexibility index (Phi) is 4.23. The minimum Gasteiger partial charge on any atom is -0.477 e. The molecule has 1 aliphatic carbocycles. The highest BCUT2D eigenvalue weighted by Crippen LogP contribution is 2.22. The third-order valence-corrected chi connectivity index (χ3v) is 3.61. The molecule has 0 atom stereocenters. The number of hydrogen-bond donors (Lipinski definition) is 3. The zero-order valence-corrected chi connectivity index (χ0v) is 10.8. The van der Waals surface area contributed by atoms with E-state index in [1.807, 2.05) is 0 Å². The Morgan fingerprint density at radius 1 is 1.28 bits per heavy atom. The number of aromatic carboxylic acids is 1. The number of hydrogen-bond acceptors (Lipinski definition) is 3. The maximum Gasteiger partial charge on any atom is 0.341 e. The first-order chi connectivity index (χ1) is 8.68. The summed E-state index contributed by atoms with van der Waals surface area (Å²) in [4.78, 5) is 11.2. The van der Waals surface area contributed by atoms with Gasteiger partial charge in [0.1, 0.15) is 5.56 Å². The molecule has 0 aliphatic heterocycles. The van der Waals surface area contributed by atoms with Gasteiger partial charge in [-0.2, -0.15) is 5.10 Å². The van der Waals surface area contributed by atoms with Gasteiger partial charge in [0.25, 0.3) is 0 Å². The van der Waals surface area contributed by atoms with Crippen molar-refractivity contribution >= 4 is 11.8 Å². The number of H-pyrrole nitrogens is 1. The third-order valence-electron chi connectivity index (χ3n) is 3.61. The summed E-state index contributed by atoms with van der Waals surface area (Å²) >= 11 is 0. The molecule has 0 saturated heterocycles. The maximum absolute atomic E-state index is 11.2. The van der Waals surface area contributed by atoms with Crippen LogP contribution in [0.15, 0.2) is 0 Å². The molecule has 5 heteroatoms. The highest BCUT2D eigenvalue weighted by atomic mass is 16.4. The third kappa shape index (κ3) is 3.03. The average molecular weight is 251 g/mol. The number of nitrogens with one attached hydrogen (secondary N) is 2. The fourth-order valence-electron chi connectivity index (χ4n) is 2.59. The number of aromatic nitrogens is 2. The van der Waals surface area contributed by atoms with Crippen LogP contribution < -0.4 is 5.32 Å². The van der Waals surface area contributed by atoms with E-state index in [0.29, 0.717) is 17.6 Å². The van der Waals surface area contributed by atoms with Crippen LogP contribution in [-0.4, -0.2) is 27.3 Å². The number of aromatic amines is 1. The zero-order chi connectivity index (χ0) is 13.0. The molecule has 2 rings (SSSR count). The molecule has 1 aromatic rings. The number of anilines is 1. The smallest absolute Gasteiger partial charge is 0.341 e. The predicted octanol–water partition coefficient (Wildman–Crippen LogP) is 2.94. The summed E-state index contributed by atoms with van der Waals surface area (Å²) < 4.78 is 0. The molecule has 5 nitrogen and oxygen atoms in total. The molecule has 3 N–H and O–H groups in total. The van der Waals surface area contributed by atoms with Crippen molar-refractivity contribution < 1.29 is 9.90 Å². The molecule has 0 unspecified atom stereocenters. The number of aryl methyl sites for hydroxylation is 1. The van der Waals surface area contributed by atoms with Crippen molar-refractivity contribution in [3.05, 3.63) is 11.3 Å². The van der Waals surface area contributed by atoms with Crippen molar-refractivity contribution in [3.8, 4) is 0 Å². The fraction of sp³-hybridized carbons (Fsp3) is 0.692.